The third-order valence-corrected chi connectivity index (χ3v) is 5.78. The van der Waals surface area contributed by atoms with Gasteiger partial charge in [0.1, 0.15) is 35.8 Å². The van der Waals surface area contributed by atoms with Gasteiger partial charge in [0.2, 0.25) is 0 Å². The van der Waals surface area contributed by atoms with Crippen molar-refractivity contribution in [1.82, 2.24) is 4.98 Å². The SMILES string of the molecule is COc1ccc([C@H](CN=C[C@@H](C#N)c2nc(C)cs2)[NH+]2CCOCC2)cc1. The van der Waals surface area contributed by atoms with E-state index >= 15 is 0 Å². The number of quaternary nitrogens is 1. The van der Waals surface area contributed by atoms with Gasteiger partial charge in [0.25, 0.3) is 0 Å². The average Bonchev–Trinajstić information content (AvgIpc) is 3.15. The summed E-state index contributed by atoms with van der Waals surface area (Å²) in [6.07, 6.45) is 1.74. The molecule has 1 aromatic carbocycles. The molecular weight excluding hydrogens is 360 g/mol. The second kappa shape index (κ2) is 9.60. The highest BCUT2D eigenvalue weighted by molar-refractivity contribution is 7.09. The third kappa shape index (κ3) is 5.13. The number of nitrogens with one attached hydrogen (secondary N) is 1. The number of nitrogens with zero attached hydrogens (tertiary/aromatic N) is 3. The standard InChI is InChI=1S/C20H24N4O2S/c1-15-14-27-20(23-15)17(11-21)12-22-13-19(24-7-9-26-10-8-24)16-3-5-18(25-2)6-4-16/h3-6,12,14,17,19H,7-10,13H2,1-2H3/p+1/t17-,19+/m1/s1. The molecule has 2 aromatic rings. The first-order chi connectivity index (χ1) is 13.2. The number of morpholine rings is 1. The maximum absolute atomic E-state index is 9.47. The van der Waals surface area contributed by atoms with E-state index in [9.17, 15) is 5.26 Å². The Hall–Kier alpha value is -2.27. The largest absolute Gasteiger partial charge is 0.497 e. The van der Waals surface area contributed by atoms with Crippen LogP contribution < -0.4 is 9.64 Å². The summed E-state index contributed by atoms with van der Waals surface area (Å²) in [4.78, 5) is 10.5. The lowest BCUT2D eigenvalue weighted by atomic mass is 10.0. The molecule has 0 spiro atoms. The van der Waals surface area contributed by atoms with Crippen molar-refractivity contribution in [3.05, 3.63) is 45.9 Å². The Morgan fingerprint density at radius 2 is 2.11 bits per heavy atom. The maximum Gasteiger partial charge on any atom is 0.133 e. The number of ether oxygens (including phenoxy) is 2. The predicted octanol–water partition coefficient (Wildman–Crippen LogP) is 1.79. The number of hydrogen-bond acceptors (Lipinski definition) is 6. The molecule has 2 heterocycles. The minimum absolute atomic E-state index is 0.230. The molecule has 1 N–H and O–H groups in total. The van der Waals surface area contributed by atoms with Gasteiger partial charge in [0.05, 0.1) is 32.9 Å². The Labute approximate surface area is 164 Å². The zero-order chi connectivity index (χ0) is 19.1. The van der Waals surface area contributed by atoms with Crippen molar-refractivity contribution in [2.45, 2.75) is 18.9 Å². The molecule has 1 saturated heterocycles. The first kappa shape index (κ1) is 19.5. The van der Waals surface area contributed by atoms with E-state index in [1.54, 1.807) is 13.3 Å². The van der Waals surface area contributed by atoms with Gasteiger partial charge in [-0.1, -0.05) is 0 Å². The average molecular weight is 386 g/mol. The Balaban J connectivity index is 1.74. The normalized spacial score (nSPS) is 17.5. The molecule has 0 amide bonds. The summed E-state index contributed by atoms with van der Waals surface area (Å²) in [5.74, 6) is 0.460. The van der Waals surface area contributed by atoms with Crippen LogP contribution in [0.15, 0.2) is 34.6 Å². The quantitative estimate of drug-likeness (QED) is 0.738. The van der Waals surface area contributed by atoms with Crippen molar-refractivity contribution in [2.75, 3.05) is 40.0 Å². The van der Waals surface area contributed by atoms with Crippen LogP contribution in [0.4, 0.5) is 0 Å². The monoisotopic (exact) mass is 385 g/mol. The Morgan fingerprint density at radius 3 is 2.70 bits per heavy atom. The first-order valence-corrected chi connectivity index (χ1v) is 9.97. The minimum Gasteiger partial charge on any atom is -0.497 e. The molecule has 1 aliphatic rings. The number of hydrogen-bond donors (Lipinski definition) is 1. The topological polar surface area (TPSA) is 71.9 Å². The van der Waals surface area contributed by atoms with Gasteiger partial charge in [-0.05, 0) is 31.2 Å². The lowest BCUT2D eigenvalue weighted by Crippen LogP contribution is -3.14. The second-order valence-electron chi connectivity index (χ2n) is 6.54. The van der Waals surface area contributed by atoms with Crippen LogP contribution in [0.1, 0.15) is 28.2 Å². The second-order valence-corrected chi connectivity index (χ2v) is 7.43. The Kier molecular flexibility index (Phi) is 6.93. The van der Waals surface area contributed by atoms with E-state index < -0.39 is 0 Å². The molecule has 27 heavy (non-hydrogen) atoms. The molecule has 0 radical (unpaired) electrons. The molecule has 2 atom stereocenters. The van der Waals surface area contributed by atoms with Crippen molar-refractivity contribution < 1.29 is 14.4 Å². The molecule has 0 saturated carbocycles. The van der Waals surface area contributed by atoms with Crippen molar-refractivity contribution in [2.24, 2.45) is 4.99 Å². The smallest absolute Gasteiger partial charge is 0.133 e. The maximum atomic E-state index is 9.47. The Bertz CT molecular complexity index is 791. The van der Waals surface area contributed by atoms with Gasteiger partial charge >= 0.3 is 0 Å². The number of thiazole rings is 1. The lowest BCUT2D eigenvalue weighted by Gasteiger charge is -2.31. The Morgan fingerprint density at radius 1 is 1.37 bits per heavy atom. The van der Waals surface area contributed by atoms with Crippen molar-refractivity contribution in [3.8, 4) is 11.8 Å². The van der Waals surface area contributed by atoms with E-state index in [-0.39, 0.29) is 12.0 Å². The van der Waals surface area contributed by atoms with Crippen LogP contribution in [-0.4, -0.2) is 51.2 Å². The molecule has 6 nitrogen and oxygen atoms in total. The van der Waals surface area contributed by atoms with Crippen LogP contribution in [0.5, 0.6) is 5.75 Å². The van der Waals surface area contributed by atoms with Gasteiger partial charge in [-0.2, -0.15) is 5.26 Å². The summed E-state index contributed by atoms with van der Waals surface area (Å²) in [6.45, 7) is 6.02. The van der Waals surface area contributed by atoms with Crippen LogP contribution in [0.25, 0.3) is 0 Å². The highest BCUT2D eigenvalue weighted by atomic mass is 32.1. The summed E-state index contributed by atoms with van der Waals surface area (Å²) >= 11 is 1.51. The number of aliphatic imine (C=N–C) groups is 1. The van der Waals surface area contributed by atoms with Gasteiger partial charge in [0.15, 0.2) is 0 Å². The number of nitriles is 1. The number of methoxy groups -OCH3 is 1. The van der Waals surface area contributed by atoms with Crippen LogP contribution >= 0.6 is 11.3 Å². The fraction of sp³-hybridized carbons (Fsp3) is 0.450. The van der Waals surface area contributed by atoms with E-state index in [1.807, 2.05) is 24.4 Å². The highest BCUT2D eigenvalue weighted by Gasteiger charge is 2.26. The van der Waals surface area contributed by atoms with Crippen LogP contribution in [0, 0.1) is 18.3 Å². The first-order valence-electron chi connectivity index (χ1n) is 9.09. The number of rotatable bonds is 7. The lowest BCUT2D eigenvalue weighted by molar-refractivity contribution is -0.937. The summed E-state index contributed by atoms with van der Waals surface area (Å²) in [6, 6.07) is 10.7. The zero-order valence-corrected chi connectivity index (χ0v) is 16.5. The van der Waals surface area contributed by atoms with Crippen molar-refractivity contribution in [3.63, 3.8) is 0 Å². The van der Waals surface area contributed by atoms with Gasteiger partial charge in [-0.3, -0.25) is 4.99 Å². The van der Waals surface area contributed by atoms with E-state index in [1.165, 1.54) is 21.8 Å². The van der Waals surface area contributed by atoms with E-state index in [0.29, 0.717) is 6.54 Å². The van der Waals surface area contributed by atoms with Gasteiger partial charge in [-0.15, -0.1) is 11.3 Å². The van der Waals surface area contributed by atoms with Gasteiger partial charge in [-0.25, -0.2) is 4.98 Å². The van der Waals surface area contributed by atoms with E-state index in [4.69, 9.17) is 9.47 Å². The van der Waals surface area contributed by atoms with E-state index in [2.05, 4.69) is 28.2 Å². The van der Waals surface area contributed by atoms with Crippen LogP contribution in [-0.2, 0) is 4.74 Å². The fourth-order valence-electron chi connectivity index (χ4n) is 3.23. The molecule has 7 heteroatoms. The molecule has 0 aliphatic carbocycles. The number of aryl methyl sites for hydroxylation is 1. The fourth-order valence-corrected chi connectivity index (χ4v) is 4.03. The molecular formula is C20H25N4O2S+. The van der Waals surface area contributed by atoms with Crippen molar-refractivity contribution >= 4 is 17.6 Å². The predicted molar refractivity (Wildman–Crippen MR) is 106 cm³/mol. The summed E-state index contributed by atoms with van der Waals surface area (Å²) in [7, 11) is 1.67. The minimum atomic E-state index is -0.389. The van der Waals surface area contributed by atoms with Crippen molar-refractivity contribution in [1.29, 1.82) is 5.26 Å². The van der Waals surface area contributed by atoms with Crippen LogP contribution in [0.3, 0.4) is 0 Å². The molecule has 1 fully saturated rings. The highest BCUT2D eigenvalue weighted by Crippen LogP contribution is 2.19. The molecule has 0 bridgehead atoms. The molecule has 3 rings (SSSR count). The molecule has 142 valence electrons. The number of aromatic nitrogens is 1. The number of benzene rings is 1. The molecule has 1 aromatic heterocycles. The van der Waals surface area contributed by atoms with Gasteiger partial charge in [0, 0.05) is 22.9 Å². The summed E-state index contributed by atoms with van der Waals surface area (Å²) in [5, 5.41) is 12.2. The van der Waals surface area contributed by atoms with E-state index in [0.717, 1.165) is 42.8 Å². The summed E-state index contributed by atoms with van der Waals surface area (Å²) in [5.41, 5.74) is 2.17. The van der Waals surface area contributed by atoms with Crippen LogP contribution in [0.2, 0.25) is 0 Å². The zero-order valence-electron chi connectivity index (χ0n) is 15.7. The summed E-state index contributed by atoms with van der Waals surface area (Å²) < 4.78 is 10.8. The third-order valence-electron chi connectivity index (χ3n) is 4.73. The molecule has 0 unspecified atom stereocenters. The molecule has 1 aliphatic heterocycles. The van der Waals surface area contributed by atoms with Gasteiger partial charge < -0.3 is 14.4 Å².